The van der Waals surface area contributed by atoms with Crippen LogP contribution in [0.15, 0.2) is 48.5 Å². The summed E-state index contributed by atoms with van der Waals surface area (Å²) in [6, 6.07) is 13.8. The molecule has 2 aromatic rings. The smallest absolute Gasteiger partial charge is 0.322 e. The monoisotopic (exact) mass is 406 g/mol. The van der Waals surface area contributed by atoms with Crippen molar-refractivity contribution in [1.82, 2.24) is 4.90 Å². The lowest BCUT2D eigenvalue weighted by Gasteiger charge is -2.27. The average molecular weight is 407 g/mol. The lowest BCUT2D eigenvalue weighted by Crippen LogP contribution is -2.39. The SMILES string of the molecule is CCS(=O)(=O)Oc1cc(CN(C(=O)Nc2ccccc2)C(C)C)ccc1OC. The van der Waals surface area contributed by atoms with Crippen LogP contribution >= 0.6 is 0 Å². The fourth-order valence-electron chi connectivity index (χ4n) is 2.48. The Bertz CT molecular complexity index is 898. The van der Waals surface area contributed by atoms with Crippen molar-refractivity contribution in [2.75, 3.05) is 18.2 Å². The number of nitrogens with zero attached hydrogens (tertiary/aromatic N) is 1. The van der Waals surface area contributed by atoms with Crippen LogP contribution in [-0.2, 0) is 16.7 Å². The largest absolute Gasteiger partial charge is 0.493 e. The number of rotatable bonds is 8. The van der Waals surface area contributed by atoms with E-state index in [9.17, 15) is 13.2 Å². The van der Waals surface area contributed by atoms with E-state index in [2.05, 4.69) is 5.32 Å². The highest BCUT2D eigenvalue weighted by molar-refractivity contribution is 7.87. The number of anilines is 1. The lowest BCUT2D eigenvalue weighted by atomic mass is 10.1. The molecule has 1 N–H and O–H groups in total. The van der Waals surface area contributed by atoms with Crippen molar-refractivity contribution in [3.63, 3.8) is 0 Å². The first-order valence-corrected chi connectivity index (χ1v) is 10.5. The van der Waals surface area contributed by atoms with Crippen LogP contribution in [-0.4, -0.2) is 38.3 Å². The quantitative estimate of drug-likeness (QED) is 0.673. The van der Waals surface area contributed by atoms with Crippen molar-refractivity contribution in [2.24, 2.45) is 0 Å². The maximum atomic E-state index is 12.7. The van der Waals surface area contributed by atoms with Gasteiger partial charge in [-0.25, -0.2) is 4.79 Å². The molecule has 2 rings (SSSR count). The van der Waals surface area contributed by atoms with Crippen LogP contribution in [0.25, 0.3) is 0 Å². The Hall–Kier alpha value is -2.74. The van der Waals surface area contributed by atoms with E-state index >= 15 is 0 Å². The molecule has 0 saturated carbocycles. The number of carbonyl (C=O) groups is 1. The highest BCUT2D eigenvalue weighted by Crippen LogP contribution is 2.30. The van der Waals surface area contributed by atoms with E-state index in [1.165, 1.54) is 14.0 Å². The van der Waals surface area contributed by atoms with Crippen LogP contribution in [0.4, 0.5) is 10.5 Å². The Balaban J connectivity index is 2.23. The van der Waals surface area contributed by atoms with Crippen LogP contribution in [0.2, 0.25) is 0 Å². The summed E-state index contributed by atoms with van der Waals surface area (Å²) in [7, 11) is -2.26. The Morgan fingerprint density at radius 3 is 2.36 bits per heavy atom. The molecule has 0 saturated heterocycles. The lowest BCUT2D eigenvalue weighted by molar-refractivity contribution is 0.193. The van der Waals surface area contributed by atoms with Gasteiger partial charge < -0.3 is 19.1 Å². The first-order chi connectivity index (χ1) is 13.3. The third kappa shape index (κ3) is 5.88. The maximum absolute atomic E-state index is 12.7. The molecule has 0 unspecified atom stereocenters. The average Bonchev–Trinajstić information content (AvgIpc) is 2.66. The number of nitrogens with one attached hydrogen (secondary N) is 1. The fraction of sp³-hybridized carbons (Fsp3) is 0.350. The van der Waals surface area contributed by atoms with Gasteiger partial charge in [0, 0.05) is 18.3 Å². The van der Waals surface area contributed by atoms with Gasteiger partial charge in [0.25, 0.3) is 0 Å². The molecule has 7 nitrogen and oxygen atoms in total. The van der Waals surface area contributed by atoms with Gasteiger partial charge in [-0.05, 0) is 50.6 Å². The maximum Gasteiger partial charge on any atom is 0.322 e. The first-order valence-electron chi connectivity index (χ1n) is 8.97. The number of carbonyl (C=O) groups excluding carboxylic acids is 1. The Morgan fingerprint density at radius 2 is 1.79 bits per heavy atom. The van der Waals surface area contributed by atoms with Gasteiger partial charge in [-0.2, -0.15) is 8.42 Å². The van der Waals surface area contributed by atoms with Crippen molar-refractivity contribution >= 4 is 21.8 Å². The third-order valence-electron chi connectivity index (χ3n) is 4.06. The molecule has 2 amide bonds. The van der Waals surface area contributed by atoms with E-state index in [0.29, 0.717) is 11.4 Å². The topological polar surface area (TPSA) is 84.9 Å². The molecule has 8 heteroatoms. The van der Waals surface area contributed by atoms with Crippen LogP contribution in [0, 0.1) is 0 Å². The van der Waals surface area contributed by atoms with Gasteiger partial charge in [-0.1, -0.05) is 24.3 Å². The van der Waals surface area contributed by atoms with E-state index in [0.717, 1.165) is 5.56 Å². The summed E-state index contributed by atoms with van der Waals surface area (Å²) >= 11 is 0. The van der Waals surface area contributed by atoms with Crippen molar-refractivity contribution in [2.45, 2.75) is 33.4 Å². The highest BCUT2D eigenvalue weighted by atomic mass is 32.2. The molecule has 28 heavy (non-hydrogen) atoms. The fourth-order valence-corrected chi connectivity index (χ4v) is 3.00. The van der Waals surface area contributed by atoms with Gasteiger partial charge in [-0.3, -0.25) is 0 Å². The van der Waals surface area contributed by atoms with Crippen molar-refractivity contribution in [3.8, 4) is 11.5 Å². The molecular weight excluding hydrogens is 380 g/mol. The van der Waals surface area contributed by atoms with Crippen LogP contribution in [0.3, 0.4) is 0 Å². The van der Waals surface area contributed by atoms with E-state index in [4.69, 9.17) is 8.92 Å². The van der Waals surface area contributed by atoms with Gasteiger partial charge in [0.2, 0.25) is 0 Å². The summed E-state index contributed by atoms with van der Waals surface area (Å²) in [6.45, 7) is 5.60. The number of ether oxygens (including phenoxy) is 1. The molecule has 0 bridgehead atoms. The number of para-hydroxylation sites is 1. The van der Waals surface area contributed by atoms with Crippen molar-refractivity contribution < 1.29 is 22.1 Å². The molecule has 0 aliphatic rings. The standard InChI is InChI=1S/C20H26N2O5S/c1-5-28(24,25)27-19-13-16(11-12-18(19)26-4)14-22(15(2)3)20(23)21-17-9-7-6-8-10-17/h6-13,15H,5,14H2,1-4H3,(H,21,23). The highest BCUT2D eigenvalue weighted by Gasteiger charge is 2.20. The predicted octanol–water partition coefficient (Wildman–Crippen LogP) is 3.87. The van der Waals surface area contributed by atoms with Crippen LogP contribution < -0.4 is 14.2 Å². The van der Waals surface area contributed by atoms with Crippen LogP contribution in [0.1, 0.15) is 26.3 Å². The van der Waals surface area contributed by atoms with E-state index < -0.39 is 10.1 Å². The second kappa shape index (κ2) is 9.45. The van der Waals surface area contributed by atoms with Gasteiger partial charge in [0.05, 0.1) is 12.9 Å². The van der Waals surface area contributed by atoms with Gasteiger partial charge in [0.15, 0.2) is 11.5 Å². The second-order valence-electron chi connectivity index (χ2n) is 6.43. The molecule has 0 radical (unpaired) electrons. The molecular formula is C20H26N2O5S. The first kappa shape index (κ1) is 21.6. The zero-order chi connectivity index (χ0) is 20.7. The van der Waals surface area contributed by atoms with Gasteiger partial charge in [0.1, 0.15) is 0 Å². The van der Waals surface area contributed by atoms with E-state index in [1.54, 1.807) is 23.1 Å². The predicted molar refractivity (Wildman–Crippen MR) is 109 cm³/mol. The van der Waals surface area contributed by atoms with Crippen molar-refractivity contribution in [1.29, 1.82) is 0 Å². The number of hydrogen-bond acceptors (Lipinski definition) is 5. The third-order valence-corrected chi connectivity index (χ3v) is 5.20. The molecule has 0 heterocycles. The number of urea groups is 1. The summed E-state index contributed by atoms with van der Waals surface area (Å²) in [6.07, 6.45) is 0. The molecule has 152 valence electrons. The minimum atomic E-state index is -3.70. The molecule has 0 fully saturated rings. The Morgan fingerprint density at radius 1 is 1.11 bits per heavy atom. The Labute approximate surface area is 166 Å². The van der Waals surface area contributed by atoms with E-state index in [1.807, 2.05) is 44.2 Å². The molecule has 0 aromatic heterocycles. The normalized spacial score (nSPS) is 11.2. The minimum Gasteiger partial charge on any atom is -0.493 e. The number of benzene rings is 2. The van der Waals surface area contributed by atoms with Gasteiger partial charge >= 0.3 is 16.1 Å². The summed E-state index contributed by atoms with van der Waals surface area (Å²) in [5.74, 6) is 0.262. The van der Waals surface area contributed by atoms with E-state index in [-0.39, 0.29) is 30.1 Å². The summed E-state index contributed by atoms with van der Waals surface area (Å²) in [5, 5.41) is 2.86. The number of methoxy groups -OCH3 is 1. The van der Waals surface area contributed by atoms with Crippen LogP contribution in [0.5, 0.6) is 11.5 Å². The summed E-state index contributed by atoms with van der Waals surface area (Å²) < 4.78 is 34.0. The zero-order valence-electron chi connectivity index (χ0n) is 16.5. The second-order valence-corrected chi connectivity index (χ2v) is 8.29. The van der Waals surface area contributed by atoms with Gasteiger partial charge in [-0.15, -0.1) is 0 Å². The summed E-state index contributed by atoms with van der Waals surface area (Å²) in [5.41, 5.74) is 1.42. The molecule has 0 aliphatic carbocycles. The Kier molecular flexibility index (Phi) is 7.28. The molecule has 0 atom stereocenters. The number of amides is 2. The number of hydrogen-bond donors (Lipinski definition) is 1. The molecule has 0 aliphatic heterocycles. The summed E-state index contributed by atoms with van der Waals surface area (Å²) in [4.78, 5) is 14.4. The van der Waals surface area contributed by atoms with Crippen molar-refractivity contribution in [3.05, 3.63) is 54.1 Å². The molecule has 2 aromatic carbocycles. The molecule has 0 spiro atoms. The zero-order valence-corrected chi connectivity index (χ0v) is 17.3. The minimum absolute atomic E-state index is 0.0745.